The van der Waals surface area contributed by atoms with Crippen LogP contribution in [0.15, 0.2) is 29.4 Å². The first-order valence-corrected chi connectivity index (χ1v) is 9.62. The number of nitrogens with zero attached hydrogens (tertiary/aromatic N) is 5. The highest BCUT2D eigenvalue weighted by molar-refractivity contribution is 5.79. The lowest BCUT2D eigenvalue weighted by Crippen LogP contribution is -2.38. The van der Waals surface area contributed by atoms with E-state index in [-0.39, 0.29) is 0 Å². The SMILES string of the molecule is CN=C(NCCCc1nnc2n1CCCCC2)NCCc1ccccn1. The highest BCUT2D eigenvalue weighted by Crippen LogP contribution is 2.15. The number of aromatic nitrogens is 4. The van der Waals surface area contributed by atoms with E-state index in [1.807, 2.05) is 24.4 Å². The first-order valence-electron chi connectivity index (χ1n) is 9.62. The van der Waals surface area contributed by atoms with Gasteiger partial charge >= 0.3 is 0 Å². The number of pyridine rings is 1. The van der Waals surface area contributed by atoms with Gasteiger partial charge in [-0.15, -0.1) is 10.2 Å². The van der Waals surface area contributed by atoms with E-state index in [0.717, 1.165) is 68.6 Å². The van der Waals surface area contributed by atoms with Crippen molar-refractivity contribution in [2.45, 2.75) is 51.5 Å². The fraction of sp³-hybridized carbons (Fsp3) is 0.579. The summed E-state index contributed by atoms with van der Waals surface area (Å²) in [5.74, 6) is 3.13. The predicted molar refractivity (Wildman–Crippen MR) is 103 cm³/mol. The standard InChI is InChI=1S/C19H29N7/c1-20-19(23-14-11-16-8-4-5-12-21-16)22-13-7-10-18-25-24-17-9-3-2-6-15-26(17)18/h4-5,8,12H,2-3,6-7,9-11,13-15H2,1H3,(H2,20,22,23). The van der Waals surface area contributed by atoms with Crippen molar-refractivity contribution >= 4 is 5.96 Å². The van der Waals surface area contributed by atoms with Crippen LogP contribution < -0.4 is 10.6 Å². The Hall–Kier alpha value is -2.44. The molecular formula is C19H29N7. The molecule has 1 aliphatic rings. The molecule has 0 bridgehead atoms. The predicted octanol–water partition coefficient (Wildman–Crippen LogP) is 1.74. The van der Waals surface area contributed by atoms with Gasteiger partial charge in [0.2, 0.25) is 0 Å². The molecule has 0 saturated carbocycles. The second-order valence-electron chi connectivity index (χ2n) is 6.60. The maximum Gasteiger partial charge on any atom is 0.190 e. The topological polar surface area (TPSA) is 80.0 Å². The van der Waals surface area contributed by atoms with E-state index in [9.17, 15) is 0 Å². The van der Waals surface area contributed by atoms with Gasteiger partial charge in [-0.1, -0.05) is 12.5 Å². The highest BCUT2D eigenvalue weighted by Gasteiger charge is 2.14. The van der Waals surface area contributed by atoms with E-state index >= 15 is 0 Å². The molecule has 7 nitrogen and oxygen atoms in total. The molecule has 7 heteroatoms. The van der Waals surface area contributed by atoms with Crippen LogP contribution in [0.4, 0.5) is 0 Å². The number of aryl methyl sites for hydroxylation is 2. The van der Waals surface area contributed by atoms with Crippen LogP contribution in [-0.4, -0.2) is 45.8 Å². The van der Waals surface area contributed by atoms with Gasteiger partial charge in [0.15, 0.2) is 5.96 Å². The summed E-state index contributed by atoms with van der Waals surface area (Å²) < 4.78 is 2.33. The summed E-state index contributed by atoms with van der Waals surface area (Å²) in [7, 11) is 1.80. The highest BCUT2D eigenvalue weighted by atomic mass is 15.3. The molecule has 0 atom stereocenters. The second kappa shape index (κ2) is 9.89. The van der Waals surface area contributed by atoms with Crippen molar-refractivity contribution in [2.75, 3.05) is 20.1 Å². The van der Waals surface area contributed by atoms with Gasteiger partial charge in [0.05, 0.1) is 0 Å². The Kier molecular flexibility index (Phi) is 6.98. The van der Waals surface area contributed by atoms with Crippen LogP contribution in [0.3, 0.4) is 0 Å². The average molecular weight is 355 g/mol. The van der Waals surface area contributed by atoms with E-state index in [1.165, 1.54) is 19.3 Å². The molecule has 140 valence electrons. The van der Waals surface area contributed by atoms with Crippen molar-refractivity contribution in [1.29, 1.82) is 0 Å². The van der Waals surface area contributed by atoms with Crippen molar-refractivity contribution in [3.8, 4) is 0 Å². The molecule has 0 amide bonds. The third-order valence-corrected chi connectivity index (χ3v) is 4.68. The van der Waals surface area contributed by atoms with Gasteiger partial charge in [-0.05, 0) is 31.4 Å². The van der Waals surface area contributed by atoms with Crippen molar-refractivity contribution in [3.63, 3.8) is 0 Å². The molecule has 26 heavy (non-hydrogen) atoms. The maximum atomic E-state index is 4.39. The Morgan fingerprint density at radius 2 is 2.04 bits per heavy atom. The minimum atomic E-state index is 0.814. The fourth-order valence-electron chi connectivity index (χ4n) is 3.26. The molecule has 0 aromatic carbocycles. The third-order valence-electron chi connectivity index (χ3n) is 4.68. The fourth-order valence-corrected chi connectivity index (χ4v) is 3.26. The van der Waals surface area contributed by atoms with Gasteiger partial charge < -0.3 is 15.2 Å². The average Bonchev–Trinajstić information content (AvgIpc) is 2.90. The Labute approximate surface area is 155 Å². The number of fused-ring (bicyclic) bond motifs is 1. The molecule has 2 N–H and O–H groups in total. The maximum absolute atomic E-state index is 4.39. The van der Waals surface area contributed by atoms with Crippen LogP contribution in [0.5, 0.6) is 0 Å². The smallest absolute Gasteiger partial charge is 0.190 e. The van der Waals surface area contributed by atoms with Crippen molar-refractivity contribution in [3.05, 3.63) is 41.7 Å². The van der Waals surface area contributed by atoms with Gasteiger partial charge in [0.1, 0.15) is 11.6 Å². The van der Waals surface area contributed by atoms with E-state index in [1.54, 1.807) is 7.05 Å². The molecule has 0 saturated heterocycles. The largest absolute Gasteiger partial charge is 0.356 e. The van der Waals surface area contributed by atoms with Gasteiger partial charge in [-0.3, -0.25) is 9.98 Å². The molecule has 3 heterocycles. The molecule has 2 aromatic heterocycles. The van der Waals surface area contributed by atoms with Gasteiger partial charge in [-0.2, -0.15) is 0 Å². The van der Waals surface area contributed by atoms with Crippen LogP contribution in [0.25, 0.3) is 0 Å². The normalized spacial score (nSPS) is 14.6. The molecule has 0 spiro atoms. The zero-order valence-electron chi connectivity index (χ0n) is 15.6. The van der Waals surface area contributed by atoms with Crippen LogP contribution in [-0.2, 0) is 25.8 Å². The molecule has 0 unspecified atom stereocenters. The van der Waals surface area contributed by atoms with Crippen LogP contribution >= 0.6 is 0 Å². The molecule has 3 rings (SSSR count). The number of nitrogens with one attached hydrogen (secondary N) is 2. The summed E-state index contributed by atoms with van der Waals surface area (Å²) >= 11 is 0. The summed E-state index contributed by atoms with van der Waals surface area (Å²) in [6.45, 7) is 2.75. The number of rotatable bonds is 7. The summed E-state index contributed by atoms with van der Waals surface area (Å²) in [4.78, 5) is 8.61. The lowest BCUT2D eigenvalue weighted by molar-refractivity contribution is 0.594. The Bertz CT molecular complexity index is 693. The summed E-state index contributed by atoms with van der Waals surface area (Å²) in [5, 5.41) is 15.5. The minimum Gasteiger partial charge on any atom is -0.356 e. The van der Waals surface area contributed by atoms with Gasteiger partial charge in [0.25, 0.3) is 0 Å². The number of hydrogen-bond acceptors (Lipinski definition) is 4. The molecule has 0 fully saturated rings. The number of aliphatic imine (C=N–C) groups is 1. The molecular weight excluding hydrogens is 326 g/mol. The number of hydrogen-bond donors (Lipinski definition) is 2. The lowest BCUT2D eigenvalue weighted by atomic mass is 10.2. The number of guanidine groups is 1. The Morgan fingerprint density at radius 3 is 2.88 bits per heavy atom. The first-order chi connectivity index (χ1) is 12.9. The second-order valence-corrected chi connectivity index (χ2v) is 6.60. The monoisotopic (exact) mass is 355 g/mol. The van der Waals surface area contributed by atoms with Crippen LogP contribution in [0.2, 0.25) is 0 Å². The minimum absolute atomic E-state index is 0.814. The van der Waals surface area contributed by atoms with Crippen LogP contribution in [0, 0.1) is 0 Å². The van der Waals surface area contributed by atoms with E-state index in [4.69, 9.17) is 0 Å². The van der Waals surface area contributed by atoms with Crippen LogP contribution in [0.1, 0.15) is 43.0 Å². The Morgan fingerprint density at radius 1 is 1.12 bits per heavy atom. The zero-order chi connectivity index (χ0) is 18.0. The van der Waals surface area contributed by atoms with E-state index < -0.39 is 0 Å². The van der Waals surface area contributed by atoms with Gasteiger partial charge in [0, 0.05) is 57.8 Å². The molecule has 2 aromatic rings. The molecule has 0 aliphatic carbocycles. The van der Waals surface area contributed by atoms with E-state index in [2.05, 4.69) is 35.4 Å². The van der Waals surface area contributed by atoms with Crippen molar-refractivity contribution in [2.24, 2.45) is 4.99 Å². The summed E-state index contributed by atoms with van der Waals surface area (Å²) in [5.41, 5.74) is 1.09. The summed E-state index contributed by atoms with van der Waals surface area (Å²) in [6.07, 6.45) is 9.51. The molecule has 1 aliphatic heterocycles. The summed E-state index contributed by atoms with van der Waals surface area (Å²) in [6, 6.07) is 5.99. The Balaban J connectivity index is 1.36. The lowest BCUT2D eigenvalue weighted by Gasteiger charge is -2.12. The zero-order valence-corrected chi connectivity index (χ0v) is 15.6. The van der Waals surface area contributed by atoms with E-state index in [0.29, 0.717) is 0 Å². The quantitative estimate of drug-likeness (QED) is 0.449. The van der Waals surface area contributed by atoms with Gasteiger partial charge in [-0.25, -0.2) is 0 Å². The first kappa shape index (κ1) is 18.4. The van der Waals surface area contributed by atoms with Crippen molar-refractivity contribution in [1.82, 2.24) is 30.4 Å². The molecule has 0 radical (unpaired) electrons. The van der Waals surface area contributed by atoms with Crippen molar-refractivity contribution < 1.29 is 0 Å². The third kappa shape index (κ3) is 5.28.